The van der Waals surface area contributed by atoms with Crippen LogP contribution >= 0.6 is 23.2 Å². The molecule has 0 saturated carbocycles. The van der Waals surface area contributed by atoms with E-state index in [1.54, 1.807) is 79.9 Å². The highest BCUT2D eigenvalue weighted by Crippen LogP contribution is 2.26. The Bertz CT molecular complexity index is 1370. The van der Waals surface area contributed by atoms with Gasteiger partial charge in [0.15, 0.2) is 0 Å². The van der Waals surface area contributed by atoms with Crippen LogP contribution in [0.15, 0.2) is 72.8 Å². The predicted molar refractivity (Wildman–Crippen MR) is 149 cm³/mol. The molecule has 0 spiro atoms. The van der Waals surface area contributed by atoms with Gasteiger partial charge >= 0.3 is 0 Å². The van der Waals surface area contributed by atoms with E-state index in [1.165, 1.54) is 11.9 Å². The summed E-state index contributed by atoms with van der Waals surface area (Å²) in [6.07, 6.45) is 1.02. The van der Waals surface area contributed by atoms with Crippen molar-refractivity contribution in [1.29, 1.82) is 0 Å². The lowest BCUT2D eigenvalue weighted by molar-refractivity contribution is -0.141. The van der Waals surface area contributed by atoms with Crippen LogP contribution in [0.2, 0.25) is 10.0 Å². The maximum absolute atomic E-state index is 13.7. The number of hydrogen-bond acceptors (Lipinski definition) is 5. The molecular weight excluding hydrogens is 549 g/mol. The lowest BCUT2D eigenvalue weighted by atomic mass is 10.0. The summed E-state index contributed by atoms with van der Waals surface area (Å²) in [4.78, 5) is 28.7. The maximum atomic E-state index is 13.7. The van der Waals surface area contributed by atoms with Crippen molar-refractivity contribution >= 4 is 45.0 Å². The number of rotatable bonds is 11. The summed E-state index contributed by atoms with van der Waals surface area (Å²) in [5, 5.41) is 3.74. The Morgan fingerprint density at radius 3 is 2.24 bits per heavy atom. The van der Waals surface area contributed by atoms with Crippen molar-refractivity contribution in [2.75, 3.05) is 27.0 Å². The molecule has 0 fully saturated rings. The topological polar surface area (TPSA) is 96.0 Å². The van der Waals surface area contributed by atoms with Crippen LogP contribution in [0.25, 0.3) is 0 Å². The molecule has 11 heteroatoms. The molecule has 3 aromatic carbocycles. The maximum Gasteiger partial charge on any atom is 0.247 e. The number of carbonyl (C=O) groups excluding carboxylic acids is 2. The Morgan fingerprint density at radius 2 is 1.66 bits per heavy atom. The Balaban J connectivity index is 1.98. The molecule has 1 N–H and O–H groups in total. The monoisotopic (exact) mass is 577 g/mol. The first-order valence-corrected chi connectivity index (χ1v) is 14.2. The normalized spacial score (nSPS) is 12.2. The van der Waals surface area contributed by atoms with Gasteiger partial charge in [0, 0.05) is 30.2 Å². The number of amides is 2. The van der Waals surface area contributed by atoms with Crippen LogP contribution in [0.1, 0.15) is 22.7 Å². The summed E-state index contributed by atoms with van der Waals surface area (Å²) >= 11 is 12.3. The number of nitrogens with zero attached hydrogens (tertiary/aromatic N) is 2. The van der Waals surface area contributed by atoms with Crippen LogP contribution < -0.4 is 10.1 Å². The lowest BCUT2D eigenvalue weighted by Gasteiger charge is -2.32. The second kappa shape index (κ2) is 13.1. The number of carbonyl (C=O) groups is 2. The van der Waals surface area contributed by atoms with Crippen molar-refractivity contribution in [1.82, 2.24) is 14.5 Å². The third-order valence-corrected chi connectivity index (χ3v) is 7.75. The Hall–Kier alpha value is -3.11. The first kappa shape index (κ1) is 29.4. The first-order chi connectivity index (χ1) is 18.0. The SMILES string of the molecule is COc1ccc(CN(C(=O)CN(C)S(C)(=O)=O)C(C(=O)NCc2ccc(Cl)cc2Cl)c2ccccc2)cc1. The molecule has 0 aromatic heterocycles. The van der Waals surface area contributed by atoms with Gasteiger partial charge in [0.1, 0.15) is 11.8 Å². The van der Waals surface area contributed by atoms with Crippen molar-refractivity contribution < 1.29 is 22.7 Å². The van der Waals surface area contributed by atoms with Crippen LogP contribution in [0, 0.1) is 0 Å². The van der Waals surface area contributed by atoms with E-state index >= 15 is 0 Å². The molecule has 0 aliphatic heterocycles. The zero-order chi connectivity index (χ0) is 27.9. The van der Waals surface area contributed by atoms with E-state index in [4.69, 9.17) is 27.9 Å². The first-order valence-electron chi connectivity index (χ1n) is 11.6. The van der Waals surface area contributed by atoms with Crippen LogP contribution in [-0.4, -0.2) is 56.4 Å². The van der Waals surface area contributed by atoms with Gasteiger partial charge in [0.2, 0.25) is 21.8 Å². The zero-order valence-electron chi connectivity index (χ0n) is 21.2. The van der Waals surface area contributed by atoms with Gasteiger partial charge in [0.25, 0.3) is 0 Å². The molecule has 1 unspecified atom stereocenters. The van der Waals surface area contributed by atoms with Crippen molar-refractivity contribution in [2.24, 2.45) is 0 Å². The molecule has 0 heterocycles. The molecule has 1 atom stereocenters. The van der Waals surface area contributed by atoms with Crippen molar-refractivity contribution in [3.05, 3.63) is 99.5 Å². The summed E-state index contributed by atoms with van der Waals surface area (Å²) in [6.45, 7) is -0.282. The summed E-state index contributed by atoms with van der Waals surface area (Å²) < 4.78 is 30.3. The average Bonchev–Trinajstić information content (AvgIpc) is 2.88. The number of benzene rings is 3. The van der Waals surface area contributed by atoms with E-state index in [0.29, 0.717) is 26.9 Å². The molecule has 8 nitrogen and oxygen atoms in total. The van der Waals surface area contributed by atoms with E-state index < -0.39 is 34.4 Å². The van der Waals surface area contributed by atoms with Crippen LogP contribution in [-0.2, 0) is 32.7 Å². The fraction of sp³-hybridized carbons (Fsp3) is 0.259. The van der Waals surface area contributed by atoms with Gasteiger partial charge in [-0.3, -0.25) is 9.59 Å². The Labute approximate surface area is 233 Å². The third kappa shape index (κ3) is 7.94. The minimum Gasteiger partial charge on any atom is -0.497 e. The summed E-state index contributed by atoms with van der Waals surface area (Å²) in [6, 6.07) is 19.8. The van der Waals surface area contributed by atoms with Gasteiger partial charge < -0.3 is 15.0 Å². The fourth-order valence-corrected chi connectivity index (χ4v) is 4.52. The fourth-order valence-electron chi connectivity index (χ4n) is 3.70. The number of likely N-dealkylation sites (N-methyl/N-ethyl adjacent to an activating group) is 1. The molecule has 0 aliphatic rings. The molecule has 202 valence electrons. The number of methoxy groups -OCH3 is 1. The van der Waals surface area contributed by atoms with Crippen molar-refractivity contribution in [2.45, 2.75) is 19.1 Å². The third-order valence-electron chi connectivity index (χ3n) is 5.90. The van der Waals surface area contributed by atoms with E-state index in [-0.39, 0.29) is 13.1 Å². The second-order valence-corrected chi connectivity index (χ2v) is 11.6. The molecule has 38 heavy (non-hydrogen) atoms. The van der Waals surface area contributed by atoms with E-state index in [0.717, 1.165) is 16.1 Å². The highest BCUT2D eigenvalue weighted by molar-refractivity contribution is 7.88. The zero-order valence-corrected chi connectivity index (χ0v) is 23.6. The summed E-state index contributed by atoms with van der Waals surface area (Å²) in [5.41, 5.74) is 1.95. The van der Waals surface area contributed by atoms with E-state index in [1.807, 2.05) is 0 Å². The molecule has 2 amide bonds. The van der Waals surface area contributed by atoms with Gasteiger partial charge in [-0.05, 0) is 41.0 Å². The molecule has 0 radical (unpaired) electrons. The lowest BCUT2D eigenvalue weighted by Crippen LogP contribution is -2.47. The van der Waals surface area contributed by atoms with Gasteiger partial charge in [0.05, 0.1) is 19.9 Å². The Morgan fingerprint density at radius 1 is 1.00 bits per heavy atom. The number of sulfonamides is 1. The predicted octanol–water partition coefficient (Wildman–Crippen LogP) is 4.28. The summed E-state index contributed by atoms with van der Waals surface area (Å²) in [5.74, 6) is -0.353. The molecule has 3 aromatic rings. The second-order valence-electron chi connectivity index (χ2n) is 8.66. The number of hydrogen-bond donors (Lipinski definition) is 1. The molecule has 3 rings (SSSR count). The van der Waals surface area contributed by atoms with Crippen LogP contribution in [0.3, 0.4) is 0 Å². The van der Waals surface area contributed by atoms with Gasteiger partial charge in [-0.1, -0.05) is 71.7 Å². The highest BCUT2D eigenvalue weighted by atomic mass is 35.5. The average molecular weight is 579 g/mol. The number of ether oxygens (including phenoxy) is 1. The number of nitrogens with one attached hydrogen (secondary N) is 1. The van der Waals surface area contributed by atoms with Crippen LogP contribution in [0.4, 0.5) is 0 Å². The highest BCUT2D eigenvalue weighted by Gasteiger charge is 2.33. The molecule has 0 bridgehead atoms. The minimum absolute atomic E-state index is 0.0507. The van der Waals surface area contributed by atoms with Gasteiger partial charge in [-0.2, -0.15) is 4.31 Å². The van der Waals surface area contributed by atoms with E-state index in [9.17, 15) is 18.0 Å². The van der Waals surface area contributed by atoms with E-state index in [2.05, 4.69) is 5.32 Å². The Kier molecular flexibility index (Phi) is 10.2. The number of halogens is 2. The van der Waals surface area contributed by atoms with Gasteiger partial charge in [-0.25, -0.2) is 8.42 Å². The van der Waals surface area contributed by atoms with Crippen molar-refractivity contribution in [3.63, 3.8) is 0 Å². The van der Waals surface area contributed by atoms with Crippen LogP contribution in [0.5, 0.6) is 5.75 Å². The molecular formula is C27H29Cl2N3O5S. The smallest absolute Gasteiger partial charge is 0.247 e. The summed E-state index contributed by atoms with van der Waals surface area (Å²) in [7, 11) is -0.767. The van der Waals surface area contributed by atoms with Crippen molar-refractivity contribution in [3.8, 4) is 5.75 Å². The largest absolute Gasteiger partial charge is 0.497 e. The quantitative estimate of drug-likeness (QED) is 0.367. The standard InChI is InChI=1S/C27H29Cl2N3O5S/c1-31(38(3,35)36)18-25(33)32(17-19-9-13-23(37-2)14-10-19)26(20-7-5-4-6-8-20)27(34)30-16-21-11-12-22(28)15-24(21)29/h4-15,26H,16-18H2,1-3H3,(H,30,34). The minimum atomic E-state index is -3.64. The van der Waals surface area contributed by atoms with Gasteiger partial charge in [-0.15, -0.1) is 0 Å². The molecule has 0 saturated heterocycles. The molecule has 0 aliphatic carbocycles.